The first kappa shape index (κ1) is 29.5. The van der Waals surface area contributed by atoms with Crippen molar-refractivity contribution in [2.75, 3.05) is 13.2 Å². The van der Waals surface area contributed by atoms with Gasteiger partial charge in [-0.15, -0.1) is 0 Å². The lowest BCUT2D eigenvalue weighted by atomic mass is 9.98. The summed E-state index contributed by atoms with van der Waals surface area (Å²) in [5, 5.41) is 3.18. The van der Waals surface area contributed by atoms with Crippen LogP contribution in [0.4, 0.5) is 0 Å². The summed E-state index contributed by atoms with van der Waals surface area (Å²) in [6.45, 7) is 2.95. The number of aryl methyl sites for hydroxylation is 1. The number of hydrogen-bond donors (Lipinski definition) is 2. The molecule has 1 aromatic heterocycles. The molecule has 14 heteroatoms. The molecule has 0 bridgehead atoms. The molecule has 0 radical (unpaired) electrons. The molecule has 0 amide bonds. The van der Waals surface area contributed by atoms with Crippen LogP contribution in [-0.2, 0) is 28.1 Å². The van der Waals surface area contributed by atoms with E-state index in [0.717, 1.165) is 32.1 Å². The Kier molecular flexibility index (Phi) is 10.0. The predicted octanol–water partition coefficient (Wildman–Crippen LogP) is 3.82. The van der Waals surface area contributed by atoms with Crippen molar-refractivity contribution in [1.82, 2.24) is 14.6 Å². The molecule has 2 fully saturated rings. The van der Waals surface area contributed by atoms with Crippen molar-refractivity contribution in [2.24, 2.45) is 0 Å². The maximum Gasteiger partial charge on any atom is 0.459 e. The van der Waals surface area contributed by atoms with Gasteiger partial charge < -0.3 is 18.7 Å². The molecular weight excluding hydrogens is 553 g/mol. The number of carbonyl (C=O) groups is 1. The van der Waals surface area contributed by atoms with Crippen LogP contribution in [0.25, 0.3) is 0 Å². The van der Waals surface area contributed by atoms with Crippen molar-refractivity contribution in [3.05, 3.63) is 61.9 Å². The molecule has 1 saturated heterocycles. The van der Waals surface area contributed by atoms with Crippen molar-refractivity contribution in [2.45, 2.75) is 77.0 Å². The van der Waals surface area contributed by atoms with Crippen LogP contribution in [0, 0.1) is 6.92 Å². The number of carbonyl (C=O) groups excluding carboxylic acids is 1. The second kappa shape index (κ2) is 13.3. The minimum atomic E-state index is -4.17. The number of hydrogen-bond acceptors (Lipinski definition) is 9. The number of nitrogens with zero attached hydrogens (tertiary/aromatic N) is 1. The van der Waals surface area contributed by atoms with Gasteiger partial charge in [0.1, 0.15) is 24.5 Å². The Hall–Kier alpha value is -2.47. The summed E-state index contributed by atoms with van der Waals surface area (Å²) in [6, 6.07) is 5.21. The lowest BCUT2D eigenvalue weighted by Gasteiger charge is -2.27. The topological polar surface area (TPSA) is 147 Å². The van der Waals surface area contributed by atoms with Gasteiger partial charge in [0, 0.05) is 16.8 Å². The van der Waals surface area contributed by atoms with E-state index in [4.69, 9.17) is 34.9 Å². The van der Waals surface area contributed by atoms with Crippen LogP contribution in [0.3, 0.4) is 0 Å². The van der Waals surface area contributed by atoms with Gasteiger partial charge in [-0.2, -0.15) is 5.09 Å². The van der Waals surface area contributed by atoms with Gasteiger partial charge in [-0.1, -0.05) is 24.9 Å². The van der Waals surface area contributed by atoms with Crippen LogP contribution in [0.1, 0.15) is 57.2 Å². The molecule has 1 aromatic carbocycles. The number of H-pyrrole nitrogens is 1. The number of nitrogens with one attached hydrogen (secondary N) is 2. The van der Waals surface area contributed by atoms with E-state index in [0.29, 0.717) is 10.6 Å². The Morgan fingerprint density at radius 2 is 1.95 bits per heavy atom. The first-order chi connectivity index (χ1) is 18.7. The first-order valence-electron chi connectivity index (χ1n) is 12.9. The number of benzene rings is 1. The maximum absolute atomic E-state index is 13.9. The Morgan fingerprint density at radius 1 is 1.23 bits per heavy atom. The molecule has 1 aliphatic heterocycles. The number of halogens is 1. The van der Waals surface area contributed by atoms with E-state index in [1.807, 2.05) is 0 Å². The minimum absolute atomic E-state index is 0.0134. The SMILES string of the molecule is CC[C@H](NP(=O)(OC[C@@H]1OC[C@H](n2cc(C)c(=O)[nH]c2=O)O1)Oc1ccc(Cl)cc1)C(=O)OC1CCCCC1. The van der Waals surface area contributed by atoms with E-state index in [1.165, 1.54) is 22.9 Å². The Balaban J connectivity index is 1.44. The largest absolute Gasteiger partial charge is 0.461 e. The van der Waals surface area contributed by atoms with Gasteiger partial charge in [-0.05, 0) is 63.3 Å². The van der Waals surface area contributed by atoms with Crippen LogP contribution in [0.15, 0.2) is 40.1 Å². The van der Waals surface area contributed by atoms with Gasteiger partial charge in [0.05, 0.1) is 6.61 Å². The quantitative estimate of drug-likeness (QED) is 0.294. The Labute approximate surface area is 230 Å². The zero-order valence-electron chi connectivity index (χ0n) is 21.8. The zero-order chi connectivity index (χ0) is 28.0. The highest BCUT2D eigenvalue weighted by molar-refractivity contribution is 7.52. The summed E-state index contributed by atoms with van der Waals surface area (Å²) in [4.78, 5) is 39.0. The molecule has 4 atom stereocenters. The third kappa shape index (κ3) is 8.03. The molecule has 214 valence electrons. The van der Waals surface area contributed by atoms with E-state index < -0.39 is 43.5 Å². The van der Waals surface area contributed by atoms with Gasteiger partial charge in [0.15, 0.2) is 12.5 Å². The third-order valence-corrected chi connectivity index (χ3v) is 8.27. The fourth-order valence-corrected chi connectivity index (χ4v) is 5.98. The second-order valence-corrected chi connectivity index (χ2v) is 11.6. The average molecular weight is 586 g/mol. The molecule has 2 aliphatic rings. The number of ether oxygens (including phenoxy) is 3. The number of aromatic amines is 1. The zero-order valence-corrected chi connectivity index (χ0v) is 23.4. The fourth-order valence-electron chi connectivity index (χ4n) is 4.29. The summed E-state index contributed by atoms with van der Waals surface area (Å²) in [6.07, 6.45) is 4.34. The molecule has 2 N–H and O–H groups in total. The van der Waals surface area contributed by atoms with Crippen molar-refractivity contribution in [3.8, 4) is 5.75 Å². The van der Waals surface area contributed by atoms with Gasteiger partial charge in [0.2, 0.25) is 0 Å². The number of aromatic nitrogens is 2. The average Bonchev–Trinajstić information content (AvgIpc) is 3.39. The van der Waals surface area contributed by atoms with Gasteiger partial charge in [0.25, 0.3) is 5.56 Å². The monoisotopic (exact) mass is 585 g/mol. The van der Waals surface area contributed by atoms with Crippen LogP contribution in [0.2, 0.25) is 5.02 Å². The van der Waals surface area contributed by atoms with Crippen LogP contribution in [0.5, 0.6) is 5.75 Å². The molecule has 1 aliphatic carbocycles. The van der Waals surface area contributed by atoms with Gasteiger partial charge in [-0.3, -0.25) is 23.7 Å². The number of rotatable bonds is 11. The maximum atomic E-state index is 13.9. The summed E-state index contributed by atoms with van der Waals surface area (Å²) >= 11 is 5.96. The summed E-state index contributed by atoms with van der Waals surface area (Å²) in [5.41, 5.74) is -0.816. The Bertz CT molecular complexity index is 1290. The van der Waals surface area contributed by atoms with E-state index >= 15 is 0 Å². The molecular formula is C25H33ClN3O9P. The molecule has 2 heterocycles. The van der Waals surface area contributed by atoms with E-state index in [-0.39, 0.29) is 31.5 Å². The summed E-state index contributed by atoms with van der Waals surface area (Å²) < 4.78 is 43.4. The molecule has 12 nitrogen and oxygen atoms in total. The lowest BCUT2D eigenvalue weighted by molar-refractivity contribution is -0.152. The molecule has 2 aromatic rings. The second-order valence-electron chi connectivity index (χ2n) is 9.46. The predicted molar refractivity (Wildman–Crippen MR) is 142 cm³/mol. The highest BCUT2D eigenvalue weighted by Crippen LogP contribution is 2.46. The smallest absolute Gasteiger partial charge is 0.459 e. The molecule has 4 rings (SSSR count). The first-order valence-corrected chi connectivity index (χ1v) is 14.8. The normalized spacial score (nSPS) is 22.2. The van der Waals surface area contributed by atoms with E-state index in [2.05, 4.69) is 10.1 Å². The highest BCUT2D eigenvalue weighted by atomic mass is 35.5. The lowest BCUT2D eigenvalue weighted by Crippen LogP contribution is -2.39. The van der Waals surface area contributed by atoms with Crippen molar-refractivity contribution in [1.29, 1.82) is 0 Å². The Morgan fingerprint density at radius 3 is 2.64 bits per heavy atom. The molecule has 1 saturated carbocycles. The van der Waals surface area contributed by atoms with Crippen LogP contribution in [-0.4, -0.2) is 47.2 Å². The molecule has 0 spiro atoms. The standard InChI is InChI=1S/C25H33ClN3O9P/c1-3-20(24(31)36-18-7-5-4-6-8-18)28-39(33,38-19-11-9-17(26)10-12-19)35-15-22-34-14-21(37-22)29-13-16(2)23(30)27-25(29)32/h9-13,18,20-22H,3-8,14-15H2,1-2H3,(H,28,33)(H,27,30,32)/t20-,21+,22+,39?/m0/s1. The van der Waals surface area contributed by atoms with E-state index in [9.17, 15) is 18.9 Å². The summed E-state index contributed by atoms with van der Waals surface area (Å²) in [7, 11) is -4.17. The van der Waals surface area contributed by atoms with Crippen molar-refractivity contribution >= 4 is 25.3 Å². The summed E-state index contributed by atoms with van der Waals surface area (Å²) in [5.74, 6) is -0.332. The highest BCUT2D eigenvalue weighted by Gasteiger charge is 2.37. The molecule has 1 unspecified atom stereocenters. The van der Waals surface area contributed by atoms with Crippen LogP contribution >= 0.6 is 19.3 Å². The van der Waals surface area contributed by atoms with Crippen molar-refractivity contribution in [3.63, 3.8) is 0 Å². The van der Waals surface area contributed by atoms with Gasteiger partial charge >= 0.3 is 19.4 Å². The van der Waals surface area contributed by atoms with Gasteiger partial charge in [-0.25, -0.2) is 9.36 Å². The minimum Gasteiger partial charge on any atom is -0.461 e. The number of esters is 1. The third-order valence-electron chi connectivity index (χ3n) is 6.45. The molecule has 39 heavy (non-hydrogen) atoms. The van der Waals surface area contributed by atoms with E-state index in [1.54, 1.807) is 26.0 Å². The van der Waals surface area contributed by atoms with Crippen molar-refractivity contribution < 1.29 is 32.6 Å². The fraction of sp³-hybridized carbons (Fsp3) is 0.560. The van der Waals surface area contributed by atoms with Crippen LogP contribution < -0.4 is 20.9 Å².